The minimum atomic E-state index is -1.08. The molecule has 0 radical (unpaired) electrons. The van der Waals surface area contributed by atoms with Crippen molar-refractivity contribution < 1.29 is 23.8 Å². The fourth-order valence-electron chi connectivity index (χ4n) is 2.85. The summed E-state index contributed by atoms with van der Waals surface area (Å²) >= 11 is 0. The van der Waals surface area contributed by atoms with Gasteiger partial charge in [-0.1, -0.05) is 26.7 Å². The van der Waals surface area contributed by atoms with E-state index in [4.69, 9.17) is 14.3 Å². The highest BCUT2D eigenvalue weighted by Crippen LogP contribution is 2.24. The standard InChI is InChI=1S/C20H25NO6/c1-4-6-13-10-18(22)27-17-11-14(8-9-15(13)17)26-12(3)19(23)21-16(7-5-2)20(24)25/h8-12,16H,4-7H2,1-3H3,(H,21,23)(H,24,25)/t12-,16-/m0/s1. The van der Waals surface area contributed by atoms with Crippen LogP contribution in [0.4, 0.5) is 0 Å². The Bertz CT molecular complexity index is 872. The lowest BCUT2D eigenvalue weighted by Gasteiger charge is -2.18. The topological polar surface area (TPSA) is 106 Å². The van der Waals surface area contributed by atoms with Crippen molar-refractivity contribution in [2.45, 2.75) is 58.6 Å². The first-order valence-electron chi connectivity index (χ1n) is 9.12. The predicted octanol–water partition coefficient (Wildman–Crippen LogP) is 2.88. The Labute approximate surface area is 157 Å². The van der Waals surface area contributed by atoms with E-state index < -0.39 is 29.6 Å². The maximum Gasteiger partial charge on any atom is 0.336 e. The second-order valence-corrected chi connectivity index (χ2v) is 6.45. The molecule has 2 N–H and O–H groups in total. The number of rotatable bonds is 9. The molecule has 0 bridgehead atoms. The van der Waals surface area contributed by atoms with E-state index in [1.807, 2.05) is 13.8 Å². The van der Waals surface area contributed by atoms with Crippen LogP contribution in [0, 0.1) is 0 Å². The summed E-state index contributed by atoms with van der Waals surface area (Å²) in [5.74, 6) is -1.23. The normalized spacial score (nSPS) is 13.1. The number of carbonyl (C=O) groups is 2. The predicted molar refractivity (Wildman–Crippen MR) is 101 cm³/mol. The molecule has 0 aliphatic heterocycles. The Morgan fingerprint density at radius 2 is 1.96 bits per heavy atom. The van der Waals surface area contributed by atoms with E-state index in [2.05, 4.69) is 5.32 Å². The number of fused-ring (bicyclic) bond motifs is 1. The van der Waals surface area contributed by atoms with Gasteiger partial charge >= 0.3 is 11.6 Å². The number of aliphatic carboxylic acids is 1. The third kappa shape index (κ3) is 5.32. The largest absolute Gasteiger partial charge is 0.481 e. The third-order valence-electron chi connectivity index (χ3n) is 4.20. The first-order chi connectivity index (χ1) is 12.8. The molecule has 2 aromatic rings. The highest BCUT2D eigenvalue weighted by molar-refractivity contribution is 5.86. The lowest BCUT2D eigenvalue weighted by molar-refractivity contribution is -0.143. The molecule has 0 fully saturated rings. The molecule has 2 rings (SSSR count). The number of nitrogens with one attached hydrogen (secondary N) is 1. The highest BCUT2D eigenvalue weighted by Gasteiger charge is 2.23. The van der Waals surface area contributed by atoms with Crippen LogP contribution in [-0.4, -0.2) is 29.1 Å². The zero-order valence-electron chi connectivity index (χ0n) is 15.8. The van der Waals surface area contributed by atoms with E-state index in [1.165, 1.54) is 13.0 Å². The lowest BCUT2D eigenvalue weighted by Crippen LogP contribution is -2.46. The van der Waals surface area contributed by atoms with Crippen molar-refractivity contribution in [2.24, 2.45) is 0 Å². The van der Waals surface area contributed by atoms with Crippen LogP contribution in [-0.2, 0) is 16.0 Å². The van der Waals surface area contributed by atoms with Crippen molar-refractivity contribution in [3.8, 4) is 5.75 Å². The fourth-order valence-corrected chi connectivity index (χ4v) is 2.85. The minimum absolute atomic E-state index is 0.342. The molecule has 0 saturated heterocycles. The second-order valence-electron chi connectivity index (χ2n) is 6.45. The monoisotopic (exact) mass is 375 g/mol. The number of hydrogen-bond acceptors (Lipinski definition) is 5. The lowest BCUT2D eigenvalue weighted by atomic mass is 10.1. The number of benzene rings is 1. The zero-order valence-corrected chi connectivity index (χ0v) is 15.8. The Morgan fingerprint density at radius 1 is 1.22 bits per heavy atom. The Hall–Kier alpha value is -2.83. The molecule has 0 spiro atoms. The SMILES string of the molecule is CCCc1cc(=O)oc2cc(O[C@@H](C)C(=O)N[C@@H](CCC)C(=O)O)ccc12. The molecule has 146 valence electrons. The summed E-state index contributed by atoms with van der Waals surface area (Å²) in [5, 5.41) is 12.4. The van der Waals surface area contributed by atoms with E-state index >= 15 is 0 Å². The van der Waals surface area contributed by atoms with Crippen LogP contribution in [0.1, 0.15) is 45.6 Å². The van der Waals surface area contributed by atoms with Gasteiger partial charge in [-0.15, -0.1) is 0 Å². The van der Waals surface area contributed by atoms with E-state index in [-0.39, 0.29) is 0 Å². The van der Waals surface area contributed by atoms with Crippen molar-refractivity contribution in [2.75, 3.05) is 0 Å². The minimum Gasteiger partial charge on any atom is -0.481 e. The van der Waals surface area contributed by atoms with Gasteiger partial charge in [-0.25, -0.2) is 9.59 Å². The highest BCUT2D eigenvalue weighted by atomic mass is 16.5. The van der Waals surface area contributed by atoms with Crippen LogP contribution < -0.4 is 15.7 Å². The number of ether oxygens (including phenoxy) is 1. The number of amides is 1. The number of carboxylic acids is 1. The quantitative estimate of drug-likeness (QED) is 0.653. The first-order valence-corrected chi connectivity index (χ1v) is 9.12. The molecule has 0 saturated carbocycles. The smallest absolute Gasteiger partial charge is 0.336 e. The molecule has 0 aliphatic carbocycles. The van der Waals surface area contributed by atoms with E-state index in [0.717, 1.165) is 23.8 Å². The zero-order chi connectivity index (χ0) is 20.0. The Balaban J connectivity index is 2.16. The van der Waals surface area contributed by atoms with Crippen molar-refractivity contribution in [3.63, 3.8) is 0 Å². The van der Waals surface area contributed by atoms with E-state index in [1.54, 1.807) is 18.2 Å². The summed E-state index contributed by atoms with van der Waals surface area (Å²) in [6.07, 6.45) is 1.74. The molecule has 27 heavy (non-hydrogen) atoms. The number of carboxylic acid groups (broad SMARTS) is 1. The summed E-state index contributed by atoms with van der Waals surface area (Å²) < 4.78 is 10.9. The summed E-state index contributed by atoms with van der Waals surface area (Å²) in [6, 6.07) is 5.61. The average molecular weight is 375 g/mol. The second kappa shape index (κ2) is 9.21. The van der Waals surface area contributed by atoms with Crippen LogP contribution in [0.3, 0.4) is 0 Å². The van der Waals surface area contributed by atoms with Crippen molar-refractivity contribution in [3.05, 3.63) is 40.2 Å². The summed E-state index contributed by atoms with van der Waals surface area (Å²) in [7, 11) is 0. The molecule has 2 atom stereocenters. The summed E-state index contributed by atoms with van der Waals surface area (Å²) in [4.78, 5) is 35.1. The summed E-state index contributed by atoms with van der Waals surface area (Å²) in [5.41, 5.74) is 0.869. The van der Waals surface area contributed by atoms with Crippen LogP contribution in [0.15, 0.2) is 33.5 Å². The molecule has 1 aromatic carbocycles. The molecular weight excluding hydrogens is 350 g/mol. The summed E-state index contributed by atoms with van der Waals surface area (Å²) in [6.45, 7) is 5.41. The number of carbonyl (C=O) groups excluding carboxylic acids is 1. The third-order valence-corrected chi connectivity index (χ3v) is 4.20. The van der Waals surface area contributed by atoms with Gasteiger partial charge in [0.15, 0.2) is 6.10 Å². The van der Waals surface area contributed by atoms with Crippen molar-refractivity contribution >= 4 is 22.8 Å². The maximum atomic E-state index is 12.2. The van der Waals surface area contributed by atoms with Gasteiger partial charge in [-0.2, -0.15) is 0 Å². The van der Waals surface area contributed by atoms with Gasteiger partial charge in [0.25, 0.3) is 5.91 Å². The molecule has 1 heterocycles. The van der Waals surface area contributed by atoms with Gasteiger partial charge < -0.3 is 19.6 Å². The number of aryl methyl sites for hydroxylation is 1. The molecular formula is C20H25NO6. The van der Waals surface area contributed by atoms with Crippen LogP contribution >= 0.6 is 0 Å². The molecule has 7 nitrogen and oxygen atoms in total. The Morgan fingerprint density at radius 3 is 2.59 bits per heavy atom. The van der Waals surface area contributed by atoms with Gasteiger partial charge in [0.2, 0.25) is 0 Å². The maximum absolute atomic E-state index is 12.2. The van der Waals surface area contributed by atoms with Crippen LogP contribution in [0.5, 0.6) is 5.75 Å². The number of hydrogen-bond donors (Lipinski definition) is 2. The van der Waals surface area contributed by atoms with Gasteiger partial charge in [-0.05, 0) is 37.5 Å². The van der Waals surface area contributed by atoms with Crippen LogP contribution in [0.2, 0.25) is 0 Å². The average Bonchev–Trinajstić information content (AvgIpc) is 2.60. The fraction of sp³-hybridized carbons (Fsp3) is 0.450. The van der Waals surface area contributed by atoms with Crippen molar-refractivity contribution in [1.29, 1.82) is 0 Å². The van der Waals surface area contributed by atoms with Crippen molar-refractivity contribution in [1.82, 2.24) is 5.32 Å². The molecule has 1 amide bonds. The van der Waals surface area contributed by atoms with Gasteiger partial charge in [0.1, 0.15) is 17.4 Å². The molecule has 1 aromatic heterocycles. The molecule has 0 aliphatic rings. The van der Waals surface area contributed by atoms with Gasteiger partial charge in [0.05, 0.1) is 0 Å². The molecule has 0 unspecified atom stereocenters. The Kier molecular flexibility index (Phi) is 6.98. The first kappa shape index (κ1) is 20.5. The van der Waals surface area contributed by atoms with Crippen LogP contribution in [0.25, 0.3) is 11.0 Å². The molecule has 7 heteroatoms. The van der Waals surface area contributed by atoms with Gasteiger partial charge in [0, 0.05) is 17.5 Å². The van der Waals surface area contributed by atoms with E-state index in [0.29, 0.717) is 24.2 Å². The van der Waals surface area contributed by atoms with Gasteiger partial charge in [-0.3, -0.25) is 4.79 Å². The van der Waals surface area contributed by atoms with E-state index in [9.17, 15) is 14.4 Å².